The molecule has 0 unspecified atom stereocenters. The highest BCUT2D eigenvalue weighted by atomic mass is 32.2. The molecule has 0 saturated heterocycles. The molecule has 3 heterocycles. The summed E-state index contributed by atoms with van der Waals surface area (Å²) >= 11 is 1.45. The van der Waals surface area contributed by atoms with Crippen LogP contribution in [0, 0.1) is 6.92 Å². The summed E-state index contributed by atoms with van der Waals surface area (Å²) in [5.41, 5.74) is 4.03. The molecule has 0 fully saturated rings. The van der Waals surface area contributed by atoms with Crippen molar-refractivity contribution in [3.8, 4) is 22.5 Å². The summed E-state index contributed by atoms with van der Waals surface area (Å²) < 4.78 is 1.59. The summed E-state index contributed by atoms with van der Waals surface area (Å²) in [6.07, 6.45) is 7.18. The third kappa shape index (κ3) is 2.70. The van der Waals surface area contributed by atoms with Gasteiger partial charge in [-0.3, -0.25) is 9.36 Å². The highest BCUT2D eigenvalue weighted by Crippen LogP contribution is 2.28. The van der Waals surface area contributed by atoms with Crippen molar-refractivity contribution >= 4 is 22.8 Å². The summed E-state index contributed by atoms with van der Waals surface area (Å²) in [7, 11) is 1.75. The van der Waals surface area contributed by atoms with Crippen molar-refractivity contribution < 1.29 is 0 Å². The van der Waals surface area contributed by atoms with Gasteiger partial charge in [0.2, 0.25) is 0 Å². The number of rotatable bonds is 3. The van der Waals surface area contributed by atoms with Gasteiger partial charge in [-0.2, -0.15) is 0 Å². The maximum atomic E-state index is 13.0. The Morgan fingerprint density at radius 3 is 2.73 bits per heavy atom. The van der Waals surface area contributed by atoms with E-state index in [1.807, 2.05) is 37.4 Å². The third-order valence-electron chi connectivity index (χ3n) is 4.41. The van der Waals surface area contributed by atoms with E-state index in [4.69, 9.17) is 0 Å². The first-order valence-corrected chi connectivity index (χ1v) is 9.32. The van der Waals surface area contributed by atoms with Gasteiger partial charge < -0.3 is 4.98 Å². The number of hydrogen-bond acceptors (Lipinski definition) is 5. The quantitative estimate of drug-likeness (QED) is 0.446. The number of hydrogen-bond donors (Lipinski definition) is 1. The number of benzene rings is 1. The normalized spacial score (nSPS) is 11.2. The van der Waals surface area contributed by atoms with Crippen LogP contribution in [0.3, 0.4) is 0 Å². The number of fused-ring (bicyclic) bond motifs is 1. The minimum absolute atomic E-state index is 0.0806. The van der Waals surface area contributed by atoms with Crippen LogP contribution in [0.4, 0.5) is 0 Å². The Kier molecular flexibility index (Phi) is 4.08. The second-order valence-electron chi connectivity index (χ2n) is 6.03. The van der Waals surface area contributed by atoms with Gasteiger partial charge in [0, 0.05) is 42.2 Å². The van der Waals surface area contributed by atoms with Gasteiger partial charge >= 0.3 is 0 Å². The van der Waals surface area contributed by atoms with Gasteiger partial charge in [-0.1, -0.05) is 23.9 Å². The minimum Gasteiger partial charge on any atom is -0.345 e. The molecule has 130 valence electrons. The van der Waals surface area contributed by atoms with Crippen LogP contribution in [0.1, 0.15) is 5.56 Å². The van der Waals surface area contributed by atoms with Gasteiger partial charge in [0.25, 0.3) is 5.56 Å². The molecule has 7 heteroatoms. The Bertz CT molecular complexity index is 1160. The number of nitrogens with one attached hydrogen (secondary N) is 1. The molecule has 0 amide bonds. The predicted octanol–water partition coefficient (Wildman–Crippen LogP) is 3.42. The van der Waals surface area contributed by atoms with E-state index in [1.165, 1.54) is 11.8 Å². The molecule has 3 aromatic heterocycles. The molecule has 0 bridgehead atoms. The van der Waals surface area contributed by atoms with Gasteiger partial charge in [-0.05, 0) is 36.4 Å². The van der Waals surface area contributed by atoms with E-state index in [0.29, 0.717) is 16.4 Å². The fraction of sp³-hybridized carbons (Fsp3) is 0.158. The lowest BCUT2D eigenvalue weighted by Crippen LogP contribution is -2.20. The number of H-pyrrole nitrogens is 1. The van der Waals surface area contributed by atoms with E-state index in [1.54, 1.807) is 30.2 Å². The van der Waals surface area contributed by atoms with Crippen LogP contribution < -0.4 is 5.56 Å². The van der Waals surface area contributed by atoms with E-state index in [-0.39, 0.29) is 5.56 Å². The molecule has 6 nitrogen and oxygen atoms in total. The Morgan fingerprint density at radius 1 is 1.15 bits per heavy atom. The Balaban J connectivity index is 1.96. The van der Waals surface area contributed by atoms with Crippen LogP contribution in [0.15, 0.2) is 52.8 Å². The highest BCUT2D eigenvalue weighted by molar-refractivity contribution is 7.98. The van der Waals surface area contributed by atoms with E-state index >= 15 is 0 Å². The predicted molar refractivity (Wildman–Crippen MR) is 104 cm³/mol. The molecule has 0 aliphatic rings. The maximum absolute atomic E-state index is 13.0. The summed E-state index contributed by atoms with van der Waals surface area (Å²) in [5.74, 6) is 0.775. The van der Waals surface area contributed by atoms with Crippen LogP contribution in [0.5, 0.6) is 0 Å². The number of pyridine rings is 1. The molecule has 0 saturated carbocycles. The Morgan fingerprint density at radius 2 is 2.00 bits per heavy atom. The lowest BCUT2D eigenvalue weighted by Gasteiger charge is -2.11. The van der Waals surface area contributed by atoms with Crippen LogP contribution in [0.25, 0.3) is 33.5 Å². The molecule has 1 aromatic carbocycles. The molecular formula is C19H17N5OS. The smallest absolute Gasteiger partial charge is 0.259 e. The summed E-state index contributed by atoms with van der Waals surface area (Å²) in [6, 6.07) is 7.87. The fourth-order valence-electron chi connectivity index (χ4n) is 3.00. The van der Waals surface area contributed by atoms with Gasteiger partial charge in [-0.15, -0.1) is 0 Å². The average molecular weight is 363 g/mol. The number of aromatic nitrogens is 5. The third-order valence-corrected chi connectivity index (χ3v) is 4.97. The number of aromatic amines is 1. The van der Waals surface area contributed by atoms with Gasteiger partial charge in [0.1, 0.15) is 11.5 Å². The van der Waals surface area contributed by atoms with Crippen LogP contribution in [-0.4, -0.2) is 30.8 Å². The van der Waals surface area contributed by atoms with Crippen LogP contribution in [0.2, 0.25) is 0 Å². The molecule has 4 rings (SSSR count). The second kappa shape index (κ2) is 6.42. The van der Waals surface area contributed by atoms with Crippen molar-refractivity contribution in [2.24, 2.45) is 7.05 Å². The Hall–Kier alpha value is -2.93. The second-order valence-corrected chi connectivity index (χ2v) is 6.80. The van der Waals surface area contributed by atoms with E-state index in [0.717, 1.165) is 27.9 Å². The zero-order chi connectivity index (χ0) is 18.3. The van der Waals surface area contributed by atoms with Crippen molar-refractivity contribution in [1.82, 2.24) is 24.5 Å². The first kappa shape index (κ1) is 16.5. The zero-order valence-electron chi connectivity index (χ0n) is 14.6. The summed E-state index contributed by atoms with van der Waals surface area (Å²) in [5, 5.41) is 1.49. The number of imidazole rings is 1. The van der Waals surface area contributed by atoms with Crippen molar-refractivity contribution in [2.45, 2.75) is 12.1 Å². The van der Waals surface area contributed by atoms with Crippen molar-refractivity contribution in [3.05, 3.63) is 58.8 Å². The van der Waals surface area contributed by atoms with Gasteiger partial charge in [0.15, 0.2) is 5.16 Å². The van der Waals surface area contributed by atoms with E-state index in [9.17, 15) is 4.79 Å². The number of aryl methyl sites for hydroxylation is 2. The summed E-state index contributed by atoms with van der Waals surface area (Å²) in [6.45, 7) is 2.00. The van der Waals surface area contributed by atoms with Crippen LogP contribution >= 0.6 is 11.8 Å². The SMILES string of the molecule is CSc1ncc2cc(-c3cc(-c4ncc[nH]4)ccc3C)c(=O)n(C)c2n1. The first-order chi connectivity index (χ1) is 12.6. The van der Waals surface area contributed by atoms with E-state index < -0.39 is 0 Å². The Labute approximate surface area is 154 Å². The highest BCUT2D eigenvalue weighted by Gasteiger charge is 2.14. The van der Waals surface area contributed by atoms with Crippen molar-refractivity contribution in [3.63, 3.8) is 0 Å². The lowest BCUT2D eigenvalue weighted by atomic mass is 9.98. The molecule has 1 N–H and O–H groups in total. The molecular weight excluding hydrogens is 346 g/mol. The topological polar surface area (TPSA) is 76.5 Å². The minimum atomic E-state index is -0.0806. The summed E-state index contributed by atoms with van der Waals surface area (Å²) in [4.78, 5) is 29.2. The van der Waals surface area contributed by atoms with Gasteiger partial charge in [-0.25, -0.2) is 15.0 Å². The number of nitrogens with zero attached hydrogens (tertiary/aromatic N) is 4. The standard InChI is InChI=1S/C19H17N5OS/c1-11-4-5-12(16-20-6-7-21-16)8-14(11)15-9-13-10-22-19(26-3)23-17(13)24(2)18(15)25/h4-10H,1-3H3,(H,20,21). The van der Waals surface area contributed by atoms with Crippen LogP contribution in [-0.2, 0) is 7.05 Å². The fourth-order valence-corrected chi connectivity index (χ4v) is 3.34. The first-order valence-electron chi connectivity index (χ1n) is 8.10. The molecule has 26 heavy (non-hydrogen) atoms. The largest absolute Gasteiger partial charge is 0.345 e. The van der Waals surface area contributed by atoms with Crippen molar-refractivity contribution in [1.29, 1.82) is 0 Å². The van der Waals surface area contributed by atoms with Gasteiger partial charge in [0.05, 0.1) is 0 Å². The molecule has 4 aromatic rings. The molecule has 0 aliphatic heterocycles. The molecule has 0 aliphatic carbocycles. The molecule has 0 atom stereocenters. The zero-order valence-corrected chi connectivity index (χ0v) is 15.5. The average Bonchev–Trinajstić information content (AvgIpc) is 3.20. The lowest BCUT2D eigenvalue weighted by molar-refractivity contribution is 0.861. The molecule has 0 spiro atoms. The van der Waals surface area contributed by atoms with E-state index in [2.05, 4.69) is 19.9 Å². The number of thioether (sulfide) groups is 1. The monoisotopic (exact) mass is 363 g/mol. The maximum Gasteiger partial charge on any atom is 0.259 e. The molecule has 0 radical (unpaired) electrons. The van der Waals surface area contributed by atoms with Crippen molar-refractivity contribution in [2.75, 3.05) is 6.26 Å².